The number of hydrogen-bond acceptors (Lipinski definition) is 5. The first-order valence-corrected chi connectivity index (χ1v) is 11.5. The van der Waals surface area contributed by atoms with Crippen LogP contribution in [-0.2, 0) is 11.3 Å². The van der Waals surface area contributed by atoms with Crippen molar-refractivity contribution in [1.82, 2.24) is 14.7 Å². The average molecular weight is 450 g/mol. The van der Waals surface area contributed by atoms with Gasteiger partial charge in [-0.2, -0.15) is 5.10 Å². The third-order valence-corrected chi connectivity index (χ3v) is 5.31. The zero-order chi connectivity index (χ0) is 23.6. The summed E-state index contributed by atoms with van der Waals surface area (Å²) in [6.07, 6.45) is 2.08. The monoisotopic (exact) mass is 449 g/mol. The van der Waals surface area contributed by atoms with Crippen LogP contribution in [0.4, 0.5) is 0 Å². The van der Waals surface area contributed by atoms with Crippen molar-refractivity contribution >= 4 is 0 Å². The highest BCUT2D eigenvalue weighted by Gasteiger charge is 2.22. The van der Waals surface area contributed by atoms with E-state index in [4.69, 9.17) is 14.6 Å². The van der Waals surface area contributed by atoms with Crippen molar-refractivity contribution in [3.8, 4) is 17.3 Å². The number of hydrogen-bond donors (Lipinski definition) is 1. The van der Waals surface area contributed by atoms with Crippen LogP contribution in [-0.4, -0.2) is 52.2 Å². The summed E-state index contributed by atoms with van der Waals surface area (Å²) >= 11 is 0. The van der Waals surface area contributed by atoms with Crippen molar-refractivity contribution < 1.29 is 14.6 Å². The Labute approximate surface area is 197 Å². The predicted octanol–water partition coefficient (Wildman–Crippen LogP) is 5.06. The number of aliphatic hydroxyl groups excluding tert-OH is 1. The van der Waals surface area contributed by atoms with Crippen LogP contribution >= 0.6 is 0 Å². The molecule has 1 aromatic heterocycles. The maximum Gasteiger partial charge on any atom is 0.227 e. The van der Waals surface area contributed by atoms with Crippen molar-refractivity contribution in [2.75, 3.05) is 26.3 Å². The first-order valence-electron chi connectivity index (χ1n) is 11.5. The summed E-state index contributed by atoms with van der Waals surface area (Å²) in [6, 6.07) is 18.0. The molecule has 0 fully saturated rings. The minimum absolute atomic E-state index is 0.279. The van der Waals surface area contributed by atoms with Gasteiger partial charge in [0, 0.05) is 13.1 Å². The second-order valence-corrected chi connectivity index (χ2v) is 8.25. The molecule has 0 unspecified atom stereocenters. The number of para-hydroxylation sites is 1. The van der Waals surface area contributed by atoms with Gasteiger partial charge >= 0.3 is 0 Å². The zero-order valence-electron chi connectivity index (χ0n) is 19.9. The summed E-state index contributed by atoms with van der Waals surface area (Å²) in [5.74, 6) is 1.46. The van der Waals surface area contributed by atoms with Gasteiger partial charge in [-0.15, -0.1) is 6.58 Å². The average Bonchev–Trinajstić information content (AvgIpc) is 3.11. The van der Waals surface area contributed by atoms with E-state index in [0.29, 0.717) is 25.6 Å². The molecule has 3 aromatic rings. The minimum atomic E-state index is -0.581. The Morgan fingerprint density at radius 2 is 1.85 bits per heavy atom. The summed E-state index contributed by atoms with van der Waals surface area (Å²) in [4.78, 5) is 2.23. The highest BCUT2D eigenvalue weighted by Crippen LogP contribution is 2.31. The molecule has 6 nitrogen and oxygen atoms in total. The highest BCUT2D eigenvalue weighted by atomic mass is 16.5. The highest BCUT2D eigenvalue weighted by molar-refractivity contribution is 5.43. The van der Waals surface area contributed by atoms with Crippen LogP contribution in [0, 0.1) is 13.8 Å². The fourth-order valence-electron chi connectivity index (χ4n) is 3.70. The SMILES string of the molecule is C=CCOC[C@H](O)CN(CCC)Cc1c(C)nn(-c2ccccc2)c1Oc1ccc(C)cc1. The van der Waals surface area contributed by atoms with E-state index in [1.165, 1.54) is 5.56 Å². The maximum absolute atomic E-state index is 10.5. The van der Waals surface area contributed by atoms with Crippen molar-refractivity contribution in [3.05, 3.63) is 84.1 Å². The summed E-state index contributed by atoms with van der Waals surface area (Å²) in [6.45, 7) is 12.5. The molecule has 176 valence electrons. The number of benzene rings is 2. The number of aryl methyl sites for hydroxylation is 2. The van der Waals surface area contributed by atoms with Gasteiger partial charge in [-0.3, -0.25) is 4.90 Å². The van der Waals surface area contributed by atoms with Crippen LogP contribution in [0.15, 0.2) is 67.3 Å². The van der Waals surface area contributed by atoms with E-state index in [-0.39, 0.29) is 6.61 Å². The Morgan fingerprint density at radius 3 is 2.52 bits per heavy atom. The Hall–Kier alpha value is -2.93. The van der Waals surface area contributed by atoms with Crippen LogP contribution in [0.25, 0.3) is 5.69 Å². The van der Waals surface area contributed by atoms with Crippen molar-refractivity contribution in [2.24, 2.45) is 0 Å². The first-order chi connectivity index (χ1) is 16.0. The van der Waals surface area contributed by atoms with E-state index in [1.807, 2.05) is 66.2 Å². The lowest BCUT2D eigenvalue weighted by molar-refractivity contribution is 0.0244. The lowest BCUT2D eigenvalue weighted by Crippen LogP contribution is -2.35. The number of aliphatic hydroxyl groups is 1. The normalized spacial score (nSPS) is 12.2. The second-order valence-electron chi connectivity index (χ2n) is 8.25. The topological polar surface area (TPSA) is 59.8 Å². The van der Waals surface area contributed by atoms with Crippen LogP contribution < -0.4 is 4.74 Å². The van der Waals surface area contributed by atoms with E-state index >= 15 is 0 Å². The predicted molar refractivity (Wildman–Crippen MR) is 132 cm³/mol. The molecule has 3 rings (SSSR count). The smallest absolute Gasteiger partial charge is 0.227 e. The molecule has 6 heteroatoms. The molecule has 0 aliphatic carbocycles. The summed E-state index contributed by atoms with van der Waals surface area (Å²) in [5.41, 5.74) is 4.03. The van der Waals surface area contributed by atoms with E-state index in [2.05, 4.69) is 25.3 Å². The van der Waals surface area contributed by atoms with Crippen LogP contribution in [0.3, 0.4) is 0 Å². The van der Waals surface area contributed by atoms with Gasteiger partial charge in [0.05, 0.1) is 36.3 Å². The van der Waals surface area contributed by atoms with Crippen molar-refractivity contribution in [1.29, 1.82) is 0 Å². The second kappa shape index (κ2) is 12.3. The molecule has 1 atom stereocenters. The third-order valence-electron chi connectivity index (χ3n) is 5.31. The molecule has 1 N–H and O–H groups in total. The van der Waals surface area contributed by atoms with Gasteiger partial charge in [-0.05, 0) is 51.1 Å². The third kappa shape index (κ3) is 7.02. The molecule has 0 spiro atoms. The molecule has 0 amide bonds. The number of aromatic nitrogens is 2. The standard InChI is InChI=1S/C27H35N3O3/c1-5-16-29(18-24(31)20-32-17-6-2)19-26-22(4)28-30(23-10-8-7-9-11-23)27(26)33-25-14-12-21(3)13-15-25/h6-15,24,31H,2,5,16-20H2,1,3-4H3/t24-/m1/s1. The van der Waals surface area contributed by atoms with Crippen LogP contribution in [0.1, 0.15) is 30.2 Å². The lowest BCUT2D eigenvalue weighted by Gasteiger charge is -2.25. The van der Waals surface area contributed by atoms with E-state index in [9.17, 15) is 5.11 Å². The van der Waals surface area contributed by atoms with E-state index in [0.717, 1.165) is 35.7 Å². The Morgan fingerprint density at radius 1 is 1.12 bits per heavy atom. The lowest BCUT2D eigenvalue weighted by atomic mass is 10.2. The molecule has 1 heterocycles. The molecule has 0 saturated heterocycles. The Balaban J connectivity index is 1.90. The molecular formula is C27H35N3O3. The van der Waals surface area contributed by atoms with Crippen LogP contribution in [0.5, 0.6) is 11.6 Å². The molecular weight excluding hydrogens is 414 g/mol. The summed E-state index contributed by atoms with van der Waals surface area (Å²) in [7, 11) is 0. The molecule has 2 aromatic carbocycles. The Kier molecular flexibility index (Phi) is 9.24. The van der Waals surface area contributed by atoms with Gasteiger partial charge < -0.3 is 14.6 Å². The molecule has 0 aliphatic heterocycles. The van der Waals surface area contributed by atoms with E-state index < -0.39 is 6.10 Å². The van der Waals surface area contributed by atoms with E-state index in [1.54, 1.807) is 6.08 Å². The zero-order valence-corrected chi connectivity index (χ0v) is 19.9. The molecule has 0 bridgehead atoms. The molecule has 33 heavy (non-hydrogen) atoms. The van der Waals surface area contributed by atoms with Crippen molar-refractivity contribution in [2.45, 2.75) is 39.8 Å². The largest absolute Gasteiger partial charge is 0.439 e. The van der Waals surface area contributed by atoms with Gasteiger partial charge in [0.25, 0.3) is 0 Å². The first kappa shape index (κ1) is 24.7. The fraction of sp³-hybridized carbons (Fsp3) is 0.370. The van der Waals surface area contributed by atoms with Gasteiger partial charge in [-0.1, -0.05) is 48.9 Å². The van der Waals surface area contributed by atoms with Gasteiger partial charge in [-0.25, -0.2) is 4.68 Å². The molecule has 0 saturated carbocycles. The fourth-order valence-corrected chi connectivity index (χ4v) is 3.70. The van der Waals surface area contributed by atoms with Gasteiger partial charge in [0.2, 0.25) is 5.88 Å². The quantitative estimate of drug-likeness (QED) is 0.292. The summed E-state index contributed by atoms with van der Waals surface area (Å²) in [5, 5.41) is 15.3. The summed E-state index contributed by atoms with van der Waals surface area (Å²) < 4.78 is 13.7. The Bertz CT molecular complexity index is 999. The number of rotatable bonds is 13. The van der Waals surface area contributed by atoms with Crippen LogP contribution in [0.2, 0.25) is 0 Å². The van der Waals surface area contributed by atoms with Gasteiger partial charge in [0.15, 0.2) is 0 Å². The molecule has 0 aliphatic rings. The number of nitrogens with zero attached hydrogens (tertiary/aromatic N) is 3. The maximum atomic E-state index is 10.5. The number of ether oxygens (including phenoxy) is 2. The van der Waals surface area contributed by atoms with Gasteiger partial charge in [0.1, 0.15) is 5.75 Å². The van der Waals surface area contributed by atoms with Crippen molar-refractivity contribution in [3.63, 3.8) is 0 Å². The molecule has 0 radical (unpaired) electrons. The minimum Gasteiger partial charge on any atom is -0.439 e.